The molecule has 112 valence electrons. The average molecular weight is 300 g/mol. The smallest absolute Gasteiger partial charge is 0.143 e. The van der Waals surface area contributed by atoms with E-state index >= 15 is 0 Å². The quantitative estimate of drug-likeness (QED) is 0.781. The van der Waals surface area contributed by atoms with Crippen molar-refractivity contribution in [1.82, 2.24) is 5.09 Å². The van der Waals surface area contributed by atoms with E-state index in [-0.39, 0.29) is 5.54 Å². The summed E-state index contributed by atoms with van der Waals surface area (Å²) in [7, 11) is -1.58. The number of hydrogen-bond donors (Lipinski definition) is 1. The Morgan fingerprint density at radius 3 is 1.52 bits per heavy atom. The molecule has 0 aromatic heterocycles. The molecule has 0 aliphatic heterocycles. The van der Waals surface area contributed by atoms with E-state index in [0.29, 0.717) is 0 Å². The van der Waals surface area contributed by atoms with E-state index in [2.05, 4.69) is 93.2 Å². The lowest BCUT2D eigenvalue weighted by molar-refractivity contribution is 0.400. The molecule has 0 unspecified atom stereocenters. The van der Waals surface area contributed by atoms with Crippen molar-refractivity contribution >= 4 is 18.0 Å². The molecular weight excluding hydrogens is 273 g/mol. The molecule has 0 aliphatic carbocycles. The van der Waals surface area contributed by atoms with Gasteiger partial charge < -0.3 is 0 Å². The standard InChI is InChI=1S/C19H27NP/c1-5-19(3,6-2)20-21(4,17-13-9-7-10-14-17)18-15-11-8-12-16-18/h7-16,20H,5-6H2,1-4H3/q+1. The summed E-state index contributed by atoms with van der Waals surface area (Å²) in [6, 6.07) is 21.8. The van der Waals surface area contributed by atoms with Gasteiger partial charge in [0.25, 0.3) is 0 Å². The molecule has 0 bridgehead atoms. The van der Waals surface area contributed by atoms with Crippen molar-refractivity contribution in [2.75, 3.05) is 6.66 Å². The Kier molecular flexibility index (Phi) is 5.19. The molecular formula is C19H27NP+. The van der Waals surface area contributed by atoms with E-state index in [0.717, 1.165) is 12.8 Å². The zero-order chi connectivity index (χ0) is 15.3. The predicted octanol–water partition coefficient (Wildman–Crippen LogP) is 4.37. The highest BCUT2D eigenvalue weighted by atomic mass is 31.2. The highest BCUT2D eigenvalue weighted by Gasteiger charge is 2.42. The fraction of sp³-hybridized carbons (Fsp3) is 0.368. The van der Waals surface area contributed by atoms with Crippen LogP contribution in [0.5, 0.6) is 0 Å². The molecule has 2 rings (SSSR count). The second-order valence-corrected chi connectivity index (χ2v) is 9.33. The average Bonchev–Trinajstić information content (AvgIpc) is 2.56. The molecule has 0 radical (unpaired) electrons. The maximum Gasteiger partial charge on any atom is 0.143 e. The third-order valence-electron chi connectivity index (χ3n) is 4.60. The third-order valence-corrected chi connectivity index (χ3v) is 8.25. The normalized spacial score (nSPS) is 12.4. The molecule has 0 saturated heterocycles. The summed E-state index contributed by atoms with van der Waals surface area (Å²) < 4.78 is 0. The molecule has 21 heavy (non-hydrogen) atoms. The Bertz CT molecular complexity index is 507. The van der Waals surface area contributed by atoms with Gasteiger partial charge in [-0.25, -0.2) is 0 Å². The molecule has 0 spiro atoms. The zero-order valence-corrected chi connectivity index (χ0v) is 14.5. The SMILES string of the molecule is CCC(C)(CC)N[P+](C)(c1ccccc1)c1ccccc1. The summed E-state index contributed by atoms with van der Waals surface area (Å²) in [5.74, 6) is 0. The third kappa shape index (κ3) is 3.54. The lowest BCUT2D eigenvalue weighted by Gasteiger charge is -2.35. The fourth-order valence-corrected chi connectivity index (χ4v) is 6.17. The largest absolute Gasteiger partial charge is 0.178 e. The summed E-state index contributed by atoms with van der Waals surface area (Å²) in [5, 5.41) is 6.89. The maximum absolute atomic E-state index is 4.05. The Balaban J connectivity index is 2.50. The van der Waals surface area contributed by atoms with Crippen LogP contribution in [0.2, 0.25) is 0 Å². The predicted molar refractivity (Wildman–Crippen MR) is 97.1 cm³/mol. The number of hydrogen-bond acceptors (Lipinski definition) is 1. The van der Waals surface area contributed by atoms with Crippen LogP contribution in [-0.4, -0.2) is 12.2 Å². The molecule has 0 heterocycles. The van der Waals surface area contributed by atoms with Crippen molar-refractivity contribution in [3.8, 4) is 0 Å². The van der Waals surface area contributed by atoms with Crippen molar-refractivity contribution in [1.29, 1.82) is 0 Å². The summed E-state index contributed by atoms with van der Waals surface area (Å²) in [4.78, 5) is 0. The second-order valence-electron chi connectivity index (χ2n) is 6.06. The monoisotopic (exact) mass is 300 g/mol. The molecule has 0 atom stereocenters. The molecule has 1 nitrogen and oxygen atoms in total. The summed E-state index contributed by atoms with van der Waals surface area (Å²) in [5.41, 5.74) is 0.175. The Morgan fingerprint density at radius 2 is 1.19 bits per heavy atom. The van der Waals surface area contributed by atoms with Gasteiger partial charge in [0.15, 0.2) is 0 Å². The van der Waals surface area contributed by atoms with Crippen LogP contribution in [0.15, 0.2) is 60.7 Å². The first kappa shape index (κ1) is 16.2. The maximum atomic E-state index is 4.05. The zero-order valence-electron chi connectivity index (χ0n) is 13.6. The Labute approximate surface area is 130 Å². The van der Waals surface area contributed by atoms with Crippen molar-refractivity contribution in [2.24, 2.45) is 0 Å². The van der Waals surface area contributed by atoms with E-state index in [1.54, 1.807) is 0 Å². The van der Waals surface area contributed by atoms with Crippen molar-refractivity contribution in [2.45, 2.75) is 39.2 Å². The first-order chi connectivity index (χ1) is 10.0. The van der Waals surface area contributed by atoms with Gasteiger partial charge in [-0.1, -0.05) is 50.2 Å². The first-order valence-corrected chi connectivity index (χ1v) is 10.0. The van der Waals surface area contributed by atoms with Crippen LogP contribution in [0, 0.1) is 0 Å². The molecule has 0 aliphatic rings. The van der Waals surface area contributed by atoms with Crippen LogP contribution in [0.4, 0.5) is 0 Å². The van der Waals surface area contributed by atoms with Crippen LogP contribution in [0.1, 0.15) is 33.6 Å². The Morgan fingerprint density at radius 1 is 0.810 bits per heavy atom. The van der Waals surface area contributed by atoms with Crippen LogP contribution in [0.3, 0.4) is 0 Å². The van der Waals surface area contributed by atoms with Gasteiger partial charge in [-0.3, -0.25) is 0 Å². The number of rotatable bonds is 6. The fourth-order valence-electron chi connectivity index (χ4n) is 2.68. The van der Waals surface area contributed by atoms with Gasteiger partial charge in [0.2, 0.25) is 0 Å². The van der Waals surface area contributed by atoms with Crippen molar-refractivity contribution in [3.63, 3.8) is 0 Å². The van der Waals surface area contributed by atoms with Gasteiger partial charge >= 0.3 is 0 Å². The van der Waals surface area contributed by atoms with Crippen molar-refractivity contribution in [3.05, 3.63) is 60.7 Å². The molecule has 2 aromatic rings. The molecule has 1 N–H and O–H groups in total. The summed E-state index contributed by atoms with van der Waals surface area (Å²) in [6.07, 6.45) is 2.28. The van der Waals surface area contributed by atoms with Gasteiger partial charge in [-0.15, -0.1) is 0 Å². The van der Waals surface area contributed by atoms with Gasteiger partial charge in [0.1, 0.15) is 18.0 Å². The van der Waals surface area contributed by atoms with Gasteiger partial charge in [-0.2, -0.15) is 5.09 Å². The van der Waals surface area contributed by atoms with Crippen LogP contribution < -0.4 is 15.7 Å². The van der Waals surface area contributed by atoms with Crippen molar-refractivity contribution < 1.29 is 0 Å². The van der Waals surface area contributed by atoms with E-state index < -0.39 is 7.41 Å². The minimum absolute atomic E-state index is 0.175. The molecule has 2 aromatic carbocycles. The number of benzene rings is 2. The van der Waals surface area contributed by atoms with Gasteiger partial charge in [-0.05, 0) is 44.0 Å². The lowest BCUT2D eigenvalue weighted by Crippen LogP contribution is -2.46. The topological polar surface area (TPSA) is 12.0 Å². The van der Waals surface area contributed by atoms with E-state index in [9.17, 15) is 0 Å². The minimum Gasteiger partial charge on any atom is -0.178 e. The number of nitrogens with one attached hydrogen (secondary N) is 1. The summed E-state index contributed by atoms with van der Waals surface area (Å²) in [6.45, 7) is 9.30. The Hall–Kier alpha value is -1.17. The minimum atomic E-state index is -1.58. The van der Waals surface area contributed by atoms with Crippen LogP contribution in [-0.2, 0) is 0 Å². The van der Waals surface area contributed by atoms with E-state index in [1.165, 1.54) is 10.6 Å². The van der Waals surface area contributed by atoms with Gasteiger partial charge in [0, 0.05) is 5.54 Å². The summed E-state index contributed by atoms with van der Waals surface area (Å²) >= 11 is 0. The van der Waals surface area contributed by atoms with Crippen LogP contribution >= 0.6 is 7.41 Å². The first-order valence-electron chi connectivity index (χ1n) is 7.81. The lowest BCUT2D eigenvalue weighted by atomic mass is 9.98. The molecule has 0 saturated carbocycles. The second kappa shape index (κ2) is 6.73. The molecule has 0 amide bonds. The molecule has 2 heteroatoms. The molecule has 0 fully saturated rings. The van der Waals surface area contributed by atoms with Crippen LogP contribution in [0.25, 0.3) is 0 Å². The van der Waals surface area contributed by atoms with E-state index in [4.69, 9.17) is 0 Å². The highest BCUT2D eigenvalue weighted by Crippen LogP contribution is 2.50. The van der Waals surface area contributed by atoms with Gasteiger partial charge in [0.05, 0.1) is 6.66 Å². The highest BCUT2D eigenvalue weighted by molar-refractivity contribution is 7.87. The van der Waals surface area contributed by atoms with E-state index in [1.807, 2.05) is 0 Å².